The van der Waals surface area contributed by atoms with Crippen molar-refractivity contribution >= 4 is 60.9 Å². The summed E-state index contributed by atoms with van der Waals surface area (Å²) in [5.41, 5.74) is 15.8. The van der Waals surface area contributed by atoms with Crippen molar-refractivity contribution in [3.05, 3.63) is 330 Å². The summed E-state index contributed by atoms with van der Waals surface area (Å²) in [6.07, 6.45) is 20.7. The topological polar surface area (TPSA) is 473 Å². The molecule has 5 N–H and O–H groups in total. The lowest BCUT2D eigenvalue weighted by molar-refractivity contribution is 0.374. The van der Waals surface area contributed by atoms with Gasteiger partial charge in [0.1, 0.15) is 5.76 Å². The van der Waals surface area contributed by atoms with Crippen LogP contribution < -0.4 is 61.1 Å². The normalized spacial score (nSPS) is 11.4. The summed E-state index contributed by atoms with van der Waals surface area (Å²) < 4.78 is 21.0. The second kappa shape index (κ2) is 39.0. The standard InChI is InChI=1S/C20H22N6O2.C20H19N5O2.C19H19N5O3.C19H19N5O2.C18H18N6O2/c1-13-11-14-16(12-15(13)24(2)3)26(10-6-9-25-7-4-5-8-25)18-17(21-14)19(27)23-20(28)22-18;1-12-10-15-16(11-13(12)2)25(9-5-7-14-6-3-4-8-21-14)18-17(22-15)19(26)24-20(27)23-18;1-10-7-14-15(8-11(10)2)24(6-4-5-13-9-12(3)23-27-13)17-16(20-14)18(25)22-19(26)21-17;1-12-10-14-15(11-13(12)2)24(9-5-8-23-6-3-4-7-23)17-16(20-14)18(25)22-19(26)21-17;1-11-8-13-14(9-12(11)2)24(6-3-5-23-7-4-19-10-23)16-15(20-13)17(25)22-18(26)21-16/h4-5,7-8,11-12H,6,9-10H2,1-3H3,(H,23,27,28);3-4,6,8,10-11H,5,7,9H2,1-2H3,(H,24,26,27);7-9H,4-6H2,1-3H3,(H,22,25,26);3-4,6-7,10-11H,5,8-9H2,1-2H3,(H,22,25,26);4,7-10H,3,5-6H2,1-2H3,(H,22,25,26). The van der Waals surface area contributed by atoms with Gasteiger partial charge in [-0.15, -0.1) is 0 Å². The second-order valence-electron chi connectivity index (χ2n) is 33.4. The van der Waals surface area contributed by atoms with Crippen molar-refractivity contribution < 1.29 is 4.52 Å². The van der Waals surface area contributed by atoms with E-state index in [1.54, 1.807) is 18.7 Å². The van der Waals surface area contributed by atoms with E-state index in [1.165, 1.54) is 0 Å². The Labute approximate surface area is 761 Å². The largest absolute Gasteiger partial charge is 0.377 e. The SMILES string of the molecule is Cc1cc(CCCn2c3nc(=O)[nH]c(=O)c-3nc3cc(C)c(C)cc32)on1.Cc1cc2nc3c(=O)[nH]c(=O)nc-3n(CCCc3ccccn3)c2cc1C.Cc1cc2nc3c(=O)[nH]c(=O)nc-3n(CCCn3cccc3)c2cc1C.Cc1cc2nc3c(=O)[nH]c(=O)nc-3n(CCCn3cccc3)c2cc1N(C)C.Cc1cc2nc3c(=O)[nH]c(=O)nc-3n(CCCn3ccnc3)c2cc1C. The first kappa shape index (κ1) is 90.8. The van der Waals surface area contributed by atoms with E-state index in [0.717, 1.165) is 170 Å². The van der Waals surface area contributed by atoms with Gasteiger partial charge in [-0.3, -0.25) is 53.9 Å². The Morgan fingerprint density at radius 1 is 0.313 bits per heavy atom. The van der Waals surface area contributed by atoms with Crippen molar-refractivity contribution in [1.29, 1.82) is 0 Å². The van der Waals surface area contributed by atoms with E-state index < -0.39 is 56.2 Å². The van der Waals surface area contributed by atoms with E-state index in [2.05, 4.69) is 99.0 Å². The highest BCUT2D eigenvalue weighted by molar-refractivity contribution is 5.86. The van der Waals surface area contributed by atoms with Crippen molar-refractivity contribution in [2.24, 2.45) is 0 Å². The number of fused-ring (bicyclic) bond motifs is 10. The first-order valence-corrected chi connectivity index (χ1v) is 43.7. The van der Waals surface area contributed by atoms with Gasteiger partial charge in [-0.2, -0.15) is 24.9 Å². The number of anilines is 1. The summed E-state index contributed by atoms with van der Waals surface area (Å²) in [6.45, 7) is 25.5. The molecule has 0 saturated heterocycles. The van der Waals surface area contributed by atoms with Crippen LogP contribution in [0.15, 0.2) is 211 Å². The molecule has 0 amide bonds. The number of aromatic nitrogens is 26. The minimum Gasteiger partial charge on any atom is -0.377 e. The predicted molar refractivity (Wildman–Crippen MR) is 509 cm³/mol. The maximum atomic E-state index is 12.3. The molecule has 10 aliphatic heterocycles. The Morgan fingerprint density at radius 2 is 0.627 bits per heavy atom. The molecule has 5 aromatic heterocycles. The fourth-order valence-corrected chi connectivity index (χ4v) is 16.3. The van der Waals surface area contributed by atoms with Gasteiger partial charge in [0, 0.05) is 134 Å². The first-order valence-electron chi connectivity index (χ1n) is 43.7. The number of aromatic amines is 5. The van der Waals surface area contributed by atoms with Gasteiger partial charge in [-0.05, 0) is 255 Å². The average Bonchev–Trinajstić information content (AvgIpc) is 0.919. The van der Waals surface area contributed by atoms with Crippen LogP contribution in [0.1, 0.15) is 99.3 Å². The van der Waals surface area contributed by atoms with Gasteiger partial charge in [-0.1, -0.05) is 11.2 Å². The number of rotatable bonds is 21. The Morgan fingerprint density at radius 3 is 0.933 bits per heavy atom. The van der Waals surface area contributed by atoms with E-state index in [-0.39, 0.29) is 28.5 Å². The molecule has 0 aliphatic carbocycles. The molecule has 38 nitrogen and oxygen atoms in total. The Hall–Kier alpha value is -16.6. The maximum Gasteiger partial charge on any atom is 0.349 e. The molecule has 0 bridgehead atoms. The van der Waals surface area contributed by atoms with E-state index in [0.29, 0.717) is 84.8 Å². The predicted octanol–water partition coefficient (Wildman–Crippen LogP) is 9.79. The number of nitrogens with one attached hydrogen (secondary N) is 5. The van der Waals surface area contributed by atoms with Crippen LogP contribution in [-0.4, -0.2) is 141 Å². The van der Waals surface area contributed by atoms with Gasteiger partial charge in [0.15, 0.2) is 57.6 Å². The fourth-order valence-electron chi connectivity index (χ4n) is 16.3. The lowest BCUT2D eigenvalue weighted by Gasteiger charge is -2.21. The fraction of sp³-hybridized carbons (Fsp3) is 0.281. The number of hydrogen-bond donors (Lipinski definition) is 5. The number of imidazole rings is 1. The monoisotopic (exact) mass is 1800 g/mol. The highest BCUT2D eigenvalue weighted by Gasteiger charge is 2.26. The molecule has 0 unspecified atom stereocenters. The Bertz CT molecular complexity index is 8050. The summed E-state index contributed by atoms with van der Waals surface area (Å²) in [5, 5.41) is 3.90. The van der Waals surface area contributed by atoms with Gasteiger partial charge < -0.3 is 46.0 Å². The van der Waals surface area contributed by atoms with Gasteiger partial charge >= 0.3 is 28.4 Å². The van der Waals surface area contributed by atoms with Crippen molar-refractivity contribution in [1.82, 2.24) is 126 Å². The van der Waals surface area contributed by atoms with Crippen molar-refractivity contribution in [2.75, 3.05) is 19.0 Å². The smallest absolute Gasteiger partial charge is 0.349 e. The number of pyridine rings is 1. The third-order valence-electron chi connectivity index (χ3n) is 23.6. The number of nitrogens with zero attached hydrogens (tertiary/aromatic N) is 22. The van der Waals surface area contributed by atoms with E-state index in [4.69, 9.17) is 4.52 Å². The second-order valence-corrected chi connectivity index (χ2v) is 33.4. The molecule has 15 heterocycles. The molecule has 0 radical (unpaired) electrons. The average molecular weight is 1810 g/mol. The highest BCUT2D eigenvalue weighted by Crippen LogP contribution is 2.32. The van der Waals surface area contributed by atoms with Crippen LogP contribution in [-0.2, 0) is 65.2 Å². The number of aryl methyl sites for hydroxylation is 20. The summed E-state index contributed by atoms with van der Waals surface area (Å²) in [4.78, 5) is 184. The van der Waals surface area contributed by atoms with Crippen LogP contribution in [0.3, 0.4) is 0 Å². The van der Waals surface area contributed by atoms with Crippen LogP contribution >= 0.6 is 0 Å². The lowest BCUT2D eigenvalue weighted by atomic mass is 10.1. The maximum absolute atomic E-state index is 12.3. The first-order chi connectivity index (χ1) is 64.4. The summed E-state index contributed by atoms with van der Waals surface area (Å²) >= 11 is 0. The number of benzene rings is 5. The van der Waals surface area contributed by atoms with Gasteiger partial charge in [0.2, 0.25) is 0 Å². The molecule has 20 rings (SSSR count). The minimum absolute atomic E-state index is 0.167. The zero-order chi connectivity index (χ0) is 94.4. The van der Waals surface area contributed by atoms with Gasteiger partial charge in [0.25, 0.3) is 27.8 Å². The van der Waals surface area contributed by atoms with Crippen LogP contribution in [0, 0.1) is 69.2 Å². The lowest BCUT2D eigenvalue weighted by Crippen LogP contribution is -2.29. The van der Waals surface area contributed by atoms with Gasteiger partial charge in [-0.25, -0.2) is 53.9 Å². The molecule has 0 atom stereocenters. The molecule has 134 heavy (non-hydrogen) atoms. The molecule has 0 saturated carbocycles. The number of hydrogen-bond acceptors (Lipinski definition) is 25. The quantitative estimate of drug-likeness (QED) is 0.0417. The Balaban J connectivity index is 0.000000122. The molecule has 0 spiro atoms. The molecule has 682 valence electrons. The van der Waals surface area contributed by atoms with Crippen LogP contribution in [0.25, 0.3) is 113 Å². The van der Waals surface area contributed by atoms with Crippen molar-refractivity contribution in [3.8, 4) is 57.6 Å². The van der Waals surface area contributed by atoms with Crippen molar-refractivity contribution in [2.45, 2.75) is 167 Å². The summed E-state index contributed by atoms with van der Waals surface area (Å²) in [6, 6.07) is 35.7. The van der Waals surface area contributed by atoms with Gasteiger partial charge in [0.05, 0.1) is 67.2 Å². The number of H-pyrrole nitrogens is 5. The molecule has 10 aromatic rings. The third kappa shape index (κ3) is 19.9. The van der Waals surface area contributed by atoms with Crippen LogP contribution in [0.4, 0.5) is 5.69 Å². The van der Waals surface area contributed by atoms with E-state index in [1.807, 2.05) is 256 Å². The molecular formula is C96H97N27O11. The van der Waals surface area contributed by atoms with Crippen molar-refractivity contribution in [3.63, 3.8) is 0 Å². The Kier molecular flexibility index (Phi) is 26.4. The molecule has 38 heteroatoms. The van der Waals surface area contributed by atoms with Crippen LogP contribution in [0.5, 0.6) is 0 Å². The zero-order valence-corrected chi connectivity index (χ0v) is 75.9. The summed E-state index contributed by atoms with van der Waals surface area (Å²) in [5.74, 6) is 2.40. The zero-order valence-electron chi connectivity index (χ0n) is 75.9. The minimum atomic E-state index is -0.669. The molecular weight excluding hydrogens is 1710 g/mol. The molecule has 0 fully saturated rings. The van der Waals surface area contributed by atoms with Crippen LogP contribution in [0.2, 0.25) is 0 Å². The summed E-state index contributed by atoms with van der Waals surface area (Å²) in [7, 11) is 3.97. The van der Waals surface area contributed by atoms with E-state index in [9.17, 15) is 47.9 Å². The highest BCUT2D eigenvalue weighted by atomic mass is 16.5. The van der Waals surface area contributed by atoms with E-state index >= 15 is 0 Å². The molecule has 10 aliphatic rings. The molecule has 5 aromatic carbocycles. The third-order valence-corrected chi connectivity index (χ3v) is 23.6.